The van der Waals surface area contributed by atoms with E-state index in [2.05, 4.69) is 10.6 Å². The third-order valence-electron chi connectivity index (χ3n) is 5.90. The summed E-state index contributed by atoms with van der Waals surface area (Å²) in [5.74, 6) is 0.496. The zero-order valence-corrected chi connectivity index (χ0v) is 18.4. The van der Waals surface area contributed by atoms with Crippen LogP contribution in [0, 0.1) is 6.92 Å². The van der Waals surface area contributed by atoms with E-state index >= 15 is 0 Å². The standard InChI is InChI=1S/C27H24N4O2/c1-17-24(27(33)29-20-9-5-3-6-10-20)25(19-13-15-22(32)16-14-19)23-18(2)30-31(26(23)28-17)21-11-7-4-8-12-21/h3-16,25,28,32H,1-2H3,(H,29,33)/t25-/m1/s1. The average Bonchev–Trinajstić information content (AvgIpc) is 3.15. The van der Waals surface area contributed by atoms with Crippen molar-refractivity contribution < 1.29 is 9.90 Å². The summed E-state index contributed by atoms with van der Waals surface area (Å²) in [7, 11) is 0. The fraction of sp³-hybridized carbons (Fsp3) is 0.111. The molecular formula is C27H24N4O2. The highest BCUT2D eigenvalue weighted by atomic mass is 16.3. The lowest BCUT2D eigenvalue weighted by molar-refractivity contribution is -0.113. The van der Waals surface area contributed by atoms with Crippen molar-refractivity contribution in [3.63, 3.8) is 0 Å². The van der Waals surface area contributed by atoms with Gasteiger partial charge in [0.15, 0.2) is 0 Å². The minimum atomic E-state index is -0.344. The number of carbonyl (C=O) groups is 1. The van der Waals surface area contributed by atoms with Crippen LogP contribution in [-0.4, -0.2) is 20.8 Å². The fourth-order valence-corrected chi connectivity index (χ4v) is 4.39. The summed E-state index contributed by atoms with van der Waals surface area (Å²) in [6.45, 7) is 3.87. The van der Waals surface area contributed by atoms with Gasteiger partial charge in [0.05, 0.1) is 11.4 Å². The van der Waals surface area contributed by atoms with Gasteiger partial charge in [-0.05, 0) is 55.8 Å². The number of rotatable bonds is 4. The molecule has 1 aromatic heterocycles. The number of nitrogens with zero attached hydrogens (tertiary/aromatic N) is 2. The number of anilines is 2. The Balaban J connectivity index is 1.66. The van der Waals surface area contributed by atoms with Gasteiger partial charge in [0.25, 0.3) is 5.91 Å². The number of fused-ring (bicyclic) bond motifs is 1. The molecule has 33 heavy (non-hydrogen) atoms. The van der Waals surface area contributed by atoms with Gasteiger partial charge in [-0.3, -0.25) is 4.79 Å². The number of carbonyl (C=O) groups excluding carboxylic acids is 1. The largest absolute Gasteiger partial charge is 0.508 e. The molecule has 0 spiro atoms. The second-order valence-corrected chi connectivity index (χ2v) is 8.10. The van der Waals surface area contributed by atoms with Crippen LogP contribution in [0.5, 0.6) is 5.75 Å². The lowest BCUT2D eigenvalue weighted by Crippen LogP contribution is -2.27. The summed E-state index contributed by atoms with van der Waals surface area (Å²) in [5, 5.41) is 21.1. The lowest BCUT2D eigenvalue weighted by Gasteiger charge is -2.29. The van der Waals surface area contributed by atoms with Crippen molar-refractivity contribution in [1.29, 1.82) is 0 Å². The Kier molecular flexibility index (Phi) is 5.18. The van der Waals surface area contributed by atoms with E-state index < -0.39 is 0 Å². The molecular weight excluding hydrogens is 412 g/mol. The van der Waals surface area contributed by atoms with Crippen LogP contribution >= 0.6 is 0 Å². The number of allylic oxidation sites excluding steroid dienone is 1. The summed E-state index contributed by atoms with van der Waals surface area (Å²) in [6.07, 6.45) is 0. The molecule has 3 N–H and O–H groups in total. The van der Waals surface area contributed by atoms with Crippen LogP contribution in [0.4, 0.5) is 11.5 Å². The van der Waals surface area contributed by atoms with Gasteiger partial charge in [-0.1, -0.05) is 48.5 Å². The molecule has 1 amide bonds. The number of amides is 1. The van der Waals surface area contributed by atoms with E-state index in [1.165, 1.54) is 0 Å². The van der Waals surface area contributed by atoms with Gasteiger partial charge in [0, 0.05) is 28.4 Å². The normalized spacial score (nSPS) is 15.0. The van der Waals surface area contributed by atoms with Gasteiger partial charge >= 0.3 is 0 Å². The molecule has 4 aromatic rings. The van der Waals surface area contributed by atoms with Crippen LogP contribution in [0.1, 0.15) is 29.7 Å². The fourth-order valence-electron chi connectivity index (χ4n) is 4.39. The number of aryl methyl sites for hydroxylation is 1. The first-order valence-electron chi connectivity index (χ1n) is 10.8. The van der Waals surface area contributed by atoms with E-state index in [0.29, 0.717) is 5.57 Å². The van der Waals surface area contributed by atoms with Crippen LogP contribution in [0.2, 0.25) is 0 Å². The number of aromatic nitrogens is 2. The number of para-hydroxylation sites is 2. The first-order chi connectivity index (χ1) is 16.0. The highest BCUT2D eigenvalue weighted by molar-refractivity contribution is 6.07. The zero-order chi connectivity index (χ0) is 22.9. The smallest absolute Gasteiger partial charge is 0.254 e. The van der Waals surface area contributed by atoms with Crippen LogP contribution < -0.4 is 10.6 Å². The second-order valence-electron chi connectivity index (χ2n) is 8.10. The molecule has 3 aromatic carbocycles. The molecule has 1 aliphatic heterocycles. The maximum Gasteiger partial charge on any atom is 0.254 e. The van der Waals surface area contributed by atoms with Gasteiger partial charge in [-0.15, -0.1) is 0 Å². The summed E-state index contributed by atoms with van der Waals surface area (Å²) in [4.78, 5) is 13.5. The molecule has 6 heteroatoms. The van der Waals surface area contributed by atoms with E-state index in [4.69, 9.17) is 5.10 Å². The molecule has 0 aliphatic carbocycles. The van der Waals surface area contributed by atoms with Crippen LogP contribution in [0.25, 0.3) is 5.69 Å². The van der Waals surface area contributed by atoms with E-state index in [1.54, 1.807) is 12.1 Å². The number of benzene rings is 3. The van der Waals surface area contributed by atoms with Crippen molar-refractivity contribution in [2.75, 3.05) is 10.6 Å². The Morgan fingerprint density at radius 3 is 2.24 bits per heavy atom. The number of phenolic OH excluding ortho intramolecular Hbond substituents is 1. The number of hydrogen-bond donors (Lipinski definition) is 3. The molecule has 0 bridgehead atoms. The van der Waals surface area contributed by atoms with Crippen LogP contribution in [0.15, 0.2) is 96.2 Å². The monoisotopic (exact) mass is 436 g/mol. The Hall–Kier alpha value is -4.32. The van der Waals surface area contributed by atoms with E-state index in [0.717, 1.165) is 39.7 Å². The molecule has 6 nitrogen and oxygen atoms in total. The maximum absolute atomic E-state index is 13.5. The van der Waals surface area contributed by atoms with E-state index in [1.807, 2.05) is 91.3 Å². The van der Waals surface area contributed by atoms with E-state index in [9.17, 15) is 9.90 Å². The summed E-state index contributed by atoms with van der Waals surface area (Å²) in [6, 6.07) is 26.3. The number of hydrogen-bond acceptors (Lipinski definition) is 4. The molecule has 0 unspecified atom stereocenters. The van der Waals surface area contributed by atoms with Crippen molar-refractivity contribution in [2.45, 2.75) is 19.8 Å². The topological polar surface area (TPSA) is 79.2 Å². The Bertz CT molecular complexity index is 1340. The molecule has 1 atom stereocenters. The average molecular weight is 437 g/mol. The molecule has 2 heterocycles. The quantitative estimate of drug-likeness (QED) is 0.403. The Morgan fingerprint density at radius 2 is 1.58 bits per heavy atom. The summed E-state index contributed by atoms with van der Waals surface area (Å²) >= 11 is 0. The summed E-state index contributed by atoms with van der Waals surface area (Å²) in [5.41, 5.74) is 5.71. The predicted octanol–water partition coefficient (Wildman–Crippen LogP) is 5.36. The lowest BCUT2D eigenvalue weighted by atomic mass is 9.81. The van der Waals surface area contributed by atoms with Crippen molar-refractivity contribution in [1.82, 2.24) is 9.78 Å². The van der Waals surface area contributed by atoms with Crippen molar-refractivity contribution in [2.24, 2.45) is 0 Å². The highest BCUT2D eigenvalue weighted by Crippen LogP contribution is 2.44. The summed E-state index contributed by atoms with van der Waals surface area (Å²) < 4.78 is 1.88. The van der Waals surface area contributed by atoms with Crippen LogP contribution in [-0.2, 0) is 4.79 Å². The molecule has 1 aliphatic rings. The molecule has 0 radical (unpaired) electrons. The molecule has 0 saturated carbocycles. The van der Waals surface area contributed by atoms with Crippen molar-refractivity contribution >= 4 is 17.4 Å². The molecule has 5 rings (SSSR count). The molecule has 0 fully saturated rings. The van der Waals surface area contributed by atoms with E-state index in [-0.39, 0.29) is 17.6 Å². The second kappa shape index (κ2) is 8.31. The molecule has 164 valence electrons. The van der Waals surface area contributed by atoms with Gasteiger partial charge in [0.1, 0.15) is 11.6 Å². The minimum Gasteiger partial charge on any atom is -0.508 e. The third-order valence-corrected chi connectivity index (χ3v) is 5.90. The Labute approximate surface area is 192 Å². The number of phenols is 1. The van der Waals surface area contributed by atoms with Gasteiger partial charge < -0.3 is 15.7 Å². The van der Waals surface area contributed by atoms with Crippen molar-refractivity contribution in [3.8, 4) is 11.4 Å². The zero-order valence-electron chi connectivity index (χ0n) is 18.4. The third kappa shape index (κ3) is 3.76. The predicted molar refractivity (Wildman–Crippen MR) is 130 cm³/mol. The first kappa shape index (κ1) is 20.6. The van der Waals surface area contributed by atoms with Gasteiger partial charge in [-0.2, -0.15) is 5.10 Å². The SMILES string of the molecule is CC1=C(C(=O)Nc2ccccc2)[C@H](c2ccc(O)cc2)c2c(C)nn(-c3ccccc3)c2N1. The van der Waals surface area contributed by atoms with Gasteiger partial charge in [0.2, 0.25) is 0 Å². The molecule has 0 saturated heterocycles. The Morgan fingerprint density at radius 1 is 0.939 bits per heavy atom. The maximum atomic E-state index is 13.5. The highest BCUT2D eigenvalue weighted by Gasteiger charge is 2.36. The number of aromatic hydroxyl groups is 1. The van der Waals surface area contributed by atoms with Crippen LogP contribution in [0.3, 0.4) is 0 Å². The minimum absolute atomic E-state index is 0.179. The van der Waals surface area contributed by atoms with Crippen molar-refractivity contribution in [3.05, 3.63) is 113 Å². The van der Waals surface area contributed by atoms with Gasteiger partial charge in [-0.25, -0.2) is 4.68 Å². The first-order valence-corrected chi connectivity index (χ1v) is 10.8. The number of nitrogens with one attached hydrogen (secondary N) is 2.